The van der Waals surface area contributed by atoms with Gasteiger partial charge in [-0.05, 0) is 43.5 Å². The molecule has 3 nitrogen and oxygen atoms in total. The molecule has 5 heteroatoms. The molecule has 1 aliphatic carbocycles. The summed E-state index contributed by atoms with van der Waals surface area (Å²) >= 11 is 0. The lowest BCUT2D eigenvalue weighted by atomic mass is 10.0. The largest absolute Gasteiger partial charge is 0.485 e. The Balaban J connectivity index is 1.61. The minimum Gasteiger partial charge on any atom is -0.485 e. The van der Waals surface area contributed by atoms with E-state index < -0.39 is 17.2 Å². The summed E-state index contributed by atoms with van der Waals surface area (Å²) in [5.74, 6) is -1.16. The molecule has 0 spiro atoms. The predicted octanol–water partition coefficient (Wildman–Crippen LogP) is 5.28. The van der Waals surface area contributed by atoms with Crippen LogP contribution in [0.3, 0.4) is 0 Å². The van der Waals surface area contributed by atoms with Crippen LogP contribution >= 0.6 is 0 Å². The Morgan fingerprint density at radius 1 is 1.07 bits per heavy atom. The molecule has 1 unspecified atom stereocenters. The number of pyridine rings is 1. The zero-order chi connectivity index (χ0) is 19.6. The second kappa shape index (κ2) is 7.68. The minimum atomic E-state index is -0.676. The van der Waals surface area contributed by atoms with E-state index in [1.807, 2.05) is 55.5 Å². The molecule has 2 aromatic carbocycles. The summed E-state index contributed by atoms with van der Waals surface area (Å²) in [4.78, 5) is 4.38. The van der Waals surface area contributed by atoms with Crippen molar-refractivity contribution in [2.75, 3.05) is 0 Å². The van der Waals surface area contributed by atoms with Gasteiger partial charge in [-0.2, -0.15) is 0 Å². The predicted molar refractivity (Wildman–Crippen MR) is 104 cm³/mol. The quantitative estimate of drug-likeness (QED) is 0.606. The van der Waals surface area contributed by atoms with Crippen LogP contribution < -0.4 is 10.1 Å². The third kappa shape index (κ3) is 3.90. The summed E-state index contributed by atoms with van der Waals surface area (Å²) in [6, 6.07) is 17.5. The van der Waals surface area contributed by atoms with E-state index in [-0.39, 0.29) is 18.4 Å². The first-order chi connectivity index (χ1) is 13.6. The highest BCUT2D eigenvalue weighted by molar-refractivity contribution is 5.44. The number of nitrogens with zero attached hydrogens (tertiary/aromatic N) is 1. The lowest BCUT2D eigenvalue weighted by molar-refractivity contribution is 0.278. The van der Waals surface area contributed by atoms with Crippen molar-refractivity contribution in [3.63, 3.8) is 0 Å². The second-order valence-electron chi connectivity index (χ2n) is 7.24. The van der Waals surface area contributed by atoms with Crippen molar-refractivity contribution in [3.05, 3.63) is 95.3 Å². The van der Waals surface area contributed by atoms with Crippen molar-refractivity contribution in [1.82, 2.24) is 10.3 Å². The van der Waals surface area contributed by atoms with Gasteiger partial charge in [-0.15, -0.1) is 0 Å². The zero-order valence-corrected chi connectivity index (χ0v) is 15.7. The highest BCUT2D eigenvalue weighted by Gasteiger charge is 2.48. The fourth-order valence-corrected chi connectivity index (χ4v) is 3.53. The Hall–Kier alpha value is -2.79. The molecule has 1 saturated carbocycles. The Morgan fingerprint density at radius 2 is 1.82 bits per heavy atom. The summed E-state index contributed by atoms with van der Waals surface area (Å²) in [5, 5.41) is 3.52. The normalized spacial score (nSPS) is 15.8. The lowest BCUT2D eigenvalue weighted by Crippen LogP contribution is -2.32. The Kier molecular flexibility index (Phi) is 5.09. The fraction of sp³-hybridized carbons (Fsp3) is 0.261. The van der Waals surface area contributed by atoms with Gasteiger partial charge in [0, 0.05) is 29.4 Å². The third-order valence-corrected chi connectivity index (χ3v) is 5.12. The Labute approximate surface area is 163 Å². The smallest absolute Gasteiger partial charge is 0.168 e. The van der Waals surface area contributed by atoms with Gasteiger partial charge in [0.05, 0.1) is 5.69 Å². The van der Waals surface area contributed by atoms with E-state index in [0.717, 1.165) is 30.2 Å². The number of rotatable bonds is 7. The van der Waals surface area contributed by atoms with Gasteiger partial charge in [0.25, 0.3) is 0 Å². The standard InChI is InChI=1S/C23H22F2N2O/c1-16(21-9-5-6-12-26-21)27-23(10-11-23)19-13-18(24)14-20(25)22(19)28-15-17-7-3-2-4-8-17/h2-9,12-14,16,27H,10-11,15H2,1H3. The van der Waals surface area contributed by atoms with Crippen LogP contribution in [0.25, 0.3) is 0 Å². The average Bonchev–Trinajstić information content (AvgIpc) is 3.49. The highest BCUT2D eigenvalue weighted by atomic mass is 19.1. The molecule has 1 aromatic heterocycles. The van der Waals surface area contributed by atoms with Gasteiger partial charge in [-0.1, -0.05) is 36.4 Å². The van der Waals surface area contributed by atoms with Crippen LogP contribution in [0.5, 0.6) is 5.75 Å². The van der Waals surface area contributed by atoms with Crippen LogP contribution in [0.4, 0.5) is 8.78 Å². The minimum absolute atomic E-state index is 0.0583. The van der Waals surface area contributed by atoms with E-state index >= 15 is 0 Å². The molecule has 1 fully saturated rings. The monoisotopic (exact) mass is 380 g/mol. The summed E-state index contributed by atoms with van der Waals surface area (Å²) < 4.78 is 34.5. The van der Waals surface area contributed by atoms with E-state index in [0.29, 0.717) is 5.56 Å². The molecule has 144 valence electrons. The number of benzene rings is 2. The number of ether oxygens (including phenoxy) is 1. The number of hydrogen-bond donors (Lipinski definition) is 1. The zero-order valence-electron chi connectivity index (χ0n) is 15.7. The first kappa shape index (κ1) is 18.6. The molecule has 0 amide bonds. The third-order valence-electron chi connectivity index (χ3n) is 5.12. The number of nitrogens with one attached hydrogen (secondary N) is 1. The van der Waals surface area contributed by atoms with Crippen LogP contribution in [0.2, 0.25) is 0 Å². The van der Waals surface area contributed by atoms with Crippen LogP contribution in [0, 0.1) is 11.6 Å². The lowest BCUT2D eigenvalue weighted by Gasteiger charge is -2.25. The molecular formula is C23H22F2N2O. The van der Waals surface area contributed by atoms with E-state index in [9.17, 15) is 8.78 Å². The molecule has 4 rings (SSSR count). The first-order valence-electron chi connectivity index (χ1n) is 9.42. The molecule has 1 atom stereocenters. The van der Waals surface area contributed by atoms with Crippen molar-refractivity contribution in [2.45, 2.75) is 38.0 Å². The first-order valence-corrected chi connectivity index (χ1v) is 9.42. The molecule has 1 aliphatic rings. The number of halogens is 2. The van der Waals surface area contributed by atoms with Gasteiger partial charge < -0.3 is 4.74 Å². The van der Waals surface area contributed by atoms with Gasteiger partial charge in [-0.25, -0.2) is 8.78 Å². The molecule has 3 aromatic rings. The maximum atomic E-state index is 14.6. The van der Waals surface area contributed by atoms with Crippen molar-refractivity contribution in [1.29, 1.82) is 0 Å². The maximum Gasteiger partial charge on any atom is 0.168 e. The van der Waals surface area contributed by atoms with E-state index in [1.165, 1.54) is 6.07 Å². The topological polar surface area (TPSA) is 34.1 Å². The van der Waals surface area contributed by atoms with Gasteiger partial charge >= 0.3 is 0 Å². The average molecular weight is 380 g/mol. The van der Waals surface area contributed by atoms with Crippen molar-refractivity contribution in [3.8, 4) is 5.75 Å². The van der Waals surface area contributed by atoms with Crippen molar-refractivity contribution < 1.29 is 13.5 Å². The molecule has 0 saturated heterocycles. The van der Waals surface area contributed by atoms with Gasteiger partial charge in [0.1, 0.15) is 12.4 Å². The van der Waals surface area contributed by atoms with Crippen molar-refractivity contribution in [2.24, 2.45) is 0 Å². The van der Waals surface area contributed by atoms with E-state index in [4.69, 9.17) is 4.74 Å². The van der Waals surface area contributed by atoms with Gasteiger partial charge in [-0.3, -0.25) is 10.3 Å². The second-order valence-corrected chi connectivity index (χ2v) is 7.24. The molecule has 1 heterocycles. The summed E-state index contributed by atoms with van der Waals surface area (Å²) in [6.07, 6.45) is 3.31. The highest BCUT2D eigenvalue weighted by Crippen LogP contribution is 2.51. The van der Waals surface area contributed by atoms with Crippen molar-refractivity contribution >= 4 is 0 Å². The Bertz CT molecular complexity index is 944. The van der Waals surface area contributed by atoms with Gasteiger partial charge in [0.2, 0.25) is 0 Å². The summed E-state index contributed by atoms with van der Waals surface area (Å²) in [7, 11) is 0. The molecule has 0 radical (unpaired) electrons. The summed E-state index contributed by atoms with van der Waals surface area (Å²) in [5.41, 5.74) is 1.84. The van der Waals surface area contributed by atoms with Crippen LogP contribution in [-0.4, -0.2) is 4.98 Å². The maximum absolute atomic E-state index is 14.6. The molecular weight excluding hydrogens is 358 g/mol. The molecule has 28 heavy (non-hydrogen) atoms. The van der Waals surface area contributed by atoms with Crippen LogP contribution in [-0.2, 0) is 12.1 Å². The summed E-state index contributed by atoms with van der Waals surface area (Å²) in [6.45, 7) is 2.23. The van der Waals surface area contributed by atoms with Crippen LogP contribution in [0.15, 0.2) is 66.9 Å². The Morgan fingerprint density at radius 3 is 2.50 bits per heavy atom. The van der Waals surface area contributed by atoms with Crippen LogP contribution in [0.1, 0.15) is 42.6 Å². The van der Waals surface area contributed by atoms with E-state index in [2.05, 4.69) is 10.3 Å². The SMILES string of the molecule is CC(NC1(c2cc(F)cc(F)c2OCc2ccccc2)CC1)c1ccccn1. The van der Waals surface area contributed by atoms with Gasteiger partial charge in [0.15, 0.2) is 11.6 Å². The van der Waals surface area contributed by atoms with E-state index in [1.54, 1.807) is 6.20 Å². The molecule has 0 bridgehead atoms. The number of hydrogen-bond acceptors (Lipinski definition) is 3. The molecule has 0 aliphatic heterocycles. The fourth-order valence-electron chi connectivity index (χ4n) is 3.53. The molecule has 1 N–H and O–H groups in total. The number of aromatic nitrogens is 1.